The van der Waals surface area contributed by atoms with E-state index in [1.54, 1.807) is 13.1 Å². The van der Waals surface area contributed by atoms with Crippen molar-refractivity contribution in [3.8, 4) is 0 Å². The molecule has 1 aliphatic heterocycles. The van der Waals surface area contributed by atoms with E-state index >= 15 is 0 Å². The Morgan fingerprint density at radius 2 is 2.14 bits per heavy atom. The summed E-state index contributed by atoms with van der Waals surface area (Å²) in [5, 5.41) is 28.8. The molecule has 0 radical (unpaired) electrons. The molecule has 8 nitrogen and oxygen atoms in total. The minimum atomic E-state index is -1.29. The van der Waals surface area contributed by atoms with Gasteiger partial charge in [-0.3, -0.25) is 9.78 Å². The summed E-state index contributed by atoms with van der Waals surface area (Å²) in [4.78, 5) is 23.0. The fraction of sp³-hybridized carbons (Fsp3) is 0.462. The first-order valence-corrected chi connectivity index (χ1v) is 6.50. The van der Waals surface area contributed by atoms with Crippen LogP contribution < -0.4 is 5.56 Å². The molecule has 0 bridgehead atoms. The van der Waals surface area contributed by atoms with Crippen LogP contribution in [0.3, 0.4) is 0 Å². The van der Waals surface area contributed by atoms with Gasteiger partial charge in [0, 0.05) is 6.20 Å². The third-order valence-corrected chi connectivity index (χ3v) is 3.56. The normalized spacial score (nSPS) is 29.1. The standard InChI is InChI=1S/C13H15N3O5/c1-5-3-14-7-2-6(13(20)16-12(7)15-5)11-10(19)9(18)8(4-17)21-11/h2-3,8-11,17-19H,4H2,1H3,(H,15,16,20)/t8-,9?,10+,11+/m1/s1. The van der Waals surface area contributed by atoms with Crippen molar-refractivity contribution in [1.29, 1.82) is 0 Å². The van der Waals surface area contributed by atoms with Crippen LogP contribution >= 0.6 is 0 Å². The highest BCUT2D eigenvalue weighted by Gasteiger charge is 2.44. The molecule has 3 rings (SSSR count). The van der Waals surface area contributed by atoms with Gasteiger partial charge in [0.1, 0.15) is 29.9 Å². The van der Waals surface area contributed by atoms with Gasteiger partial charge < -0.3 is 25.0 Å². The number of hydrogen-bond donors (Lipinski definition) is 4. The number of ether oxygens (including phenoxy) is 1. The van der Waals surface area contributed by atoms with Crippen molar-refractivity contribution < 1.29 is 20.1 Å². The number of rotatable bonds is 2. The summed E-state index contributed by atoms with van der Waals surface area (Å²) < 4.78 is 5.36. The van der Waals surface area contributed by atoms with Crippen LogP contribution in [-0.4, -0.2) is 55.2 Å². The summed E-state index contributed by atoms with van der Waals surface area (Å²) in [7, 11) is 0. The summed E-state index contributed by atoms with van der Waals surface area (Å²) in [5.74, 6) is 0. The molecule has 112 valence electrons. The molecule has 0 saturated carbocycles. The molecule has 3 heterocycles. The van der Waals surface area contributed by atoms with Gasteiger partial charge in [0.05, 0.1) is 17.9 Å². The van der Waals surface area contributed by atoms with Gasteiger partial charge in [-0.05, 0) is 13.0 Å². The average molecular weight is 293 g/mol. The molecule has 0 aromatic carbocycles. The molecule has 21 heavy (non-hydrogen) atoms. The highest BCUT2D eigenvalue weighted by atomic mass is 16.6. The second-order valence-electron chi connectivity index (χ2n) is 5.06. The van der Waals surface area contributed by atoms with E-state index in [1.165, 1.54) is 6.07 Å². The van der Waals surface area contributed by atoms with Crippen LogP contribution in [0.5, 0.6) is 0 Å². The van der Waals surface area contributed by atoms with E-state index < -0.39 is 36.6 Å². The van der Waals surface area contributed by atoms with Crippen LogP contribution in [0.15, 0.2) is 17.1 Å². The van der Waals surface area contributed by atoms with Crippen molar-refractivity contribution in [2.75, 3.05) is 6.61 Å². The fourth-order valence-electron chi connectivity index (χ4n) is 2.44. The zero-order valence-electron chi connectivity index (χ0n) is 11.2. The molecular formula is C13H15N3O5. The van der Waals surface area contributed by atoms with E-state index in [9.17, 15) is 15.0 Å². The van der Waals surface area contributed by atoms with Gasteiger partial charge in [-0.1, -0.05) is 0 Å². The molecule has 1 aliphatic rings. The SMILES string of the molecule is Cc1cnc2cc([C@@H]3O[C@H](CO)C(O)[C@@H]3O)c(=O)[nH]c2n1. The third-order valence-electron chi connectivity index (χ3n) is 3.56. The first-order chi connectivity index (χ1) is 10.0. The van der Waals surface area contributed by atoms with Gasteiger partial charge >= 0.3 is 0 Å². The molecule has 4 atom stereocenters. The minimum Gasteiger partial charge on any atom is -0.394 e. The van der Waals surface area contributed by atoms with Crippen molar-refractivity contribution >= 4 is 11.2 Å². The lowest BCUT2D eigenvalue weighted by molar-refractivity contribution is -0.0231. The number of aryl methyl sites for hydroxylation is 1. The second kappa shape index (κ2) is 5.15. The lowest BCUT2D eigenvalue weighted by Gasteiger charge is -2.14. The van der Waals surface area contributed by atoms with Gasteiger partial charge in [0.25, 0.3) is 5.56 Å². The number of hydrogen-bond acceptors (Lipinski definition) is 7. The van der Waals surface area contributed by atoms with E-state index in [0.29, 0.717) is 16.9 Å². The van der Waals surface area contributed by atoms with Crippen LogP contribution in [0, 0.1) is 6.92 Å². The van der Waals surface area contributed by atoms with Gasteiger partial charge in [-0.2, -0.15) is 0 Å². The zero-order chi connectivity index (χ0) is 15.1. The van der Waals surface area contributed by atoms with Crippen LogP contribution in [0.1, 0.15) is 17.4 Å². The monoisotopic (exact) mass is 293 g/mol. The molecule has 0 aliphatic carbocycles. The number of aromatic nitrogens is 3. The molecular weight excluding hydrogens is 278 g/mol. The van der Waals surface area contributed by atoms with Crippen LogP contribution in [0.4, 0.5) is 0 Å². The Morgan fingerprint density at radius 1 is 1.38 bits per heavy atom. The smallest absolute Gasteiger partial charge is 0.255 e. The Hall–Kier alpha value is -1.87. The molecule has 2 aromatic heterocycles. The number of fused-ring (bicyclic) bond motifs is 1. The molecule has 0 spiro atoms. The number of aromatic amines is 1. The van der Waals surface area contributed by atoms with Crippen LogP contribution in [-0.2, 0) is 4.74 Å². The molecule has 1 fully saturated rings. The maximum atomic E-state index is 12.1. The number of nitrogens with zero attached hydrogens (tertiary/aromatic N) is 2. The maximum Gasteiger partial charge on any atom is 0.255 e. The van der Waals surface area contributed by atoms with Gasteiger partial charge in [-0.25, -0.2) is 4.98 Å². The lowest BCUT2D eigenvalue weighted by Crippen LogP contribution is -2.33. The van der Waals surface area contributed by atoms with Crippen LogP contribution in [0.25, 0.3) is 11.2 Å². The Labute approximate surface area is 119 Å². The lowest BCUT2D eigenvalue weighted by atomic mass is 10.0. The predicted molar refractivity (Wildman–Crippen MR) is 71.6 cm³/mol. The molecule has 1 unspecified atom stereocenters. The molecule has 0 amide bonds. The number of pyridine rings is 1. The number of aliphatic hydroxyl groups is 3. The van der Waals surface area contributed by atoms with E-state index in [4.69, 9.17) is 9.84 Å². The van der Waals surface area contributed by atoms with E-state index in [2.05, 4.69) is 15.0 Å². The van der Waals surface area contributed by atoms with Gasteiger partial charge in [-0.15, -0.1) is 0 Å². The fourth-order valence-corrected chi connectivity index (χ4v) is 2.44. The van der Waals surface area contributed by atoms with Crippen molar-refractivity contribution in [2.24, 2.45) is 0 Å². The van der Waals surface area contributed by atoms with Crippen molar-refractivity contribution in [1.82, 2.24) is 15.0 Å². The number of nitrogens with one attached hydrogen (secondary N) is 1. The summed E-state index contributed by atoms with van der Waals surface area (Å²) in [5.41, 5.74) is 1.13. The zero-order valence-corrected chi connectivity index (χ0v) is 11.2. The van der Waals surface area contributed by atoms with Crippen molar-refractivity contribution in [2.45, 2.75) is 31.3 Å². The predicted octanol–water partition coefficient (Wildman–Crippen LogP) is -1.22. The molecule has 8 heteroatoms. The first-order valence-electron chi connectivity index (χ1n) is 6.50. The van der Waals surface area contributed by atoms with Crippen LogP contribution in [0.2, 0.25) is 0 Å². The average Bonchev–Trinajstić information content (AvgIpc) is 2.74. The summed E-state index contributed by atoms with van der Waals surface area (Å²) >= 11 is 0. The highest BCUT2D eigenvalue weighted by molar-refractivity contribution is 5.70. The van der Waals surface area contributed by atoms with Crippen molar-refractivity contribution in [3.63, 3.8) is 0 Å². The van der Waals surface area contributed by atoms with E-state index in [0.717, 1.165) is 0 Å². The molecule has 4 N–H and O–H groups in total. The number of H-pyrrole nitrogens is 1. The van der Waals surface area contributed by atoms with E-state index in [1.807, 2.05) is 0 Å². The van der Waals surface area contributed by atoms with Gasteiger partial charge in [0.2, 0.25) is 0 Å². The first kappa shape index (κ1) is 14.1. The second-order valence-corrected chi connectivity index (χ2v) is 5.06. The summed E-state index contributed by atoms with van der Waals surface area (Å²) in [6, 6.07) is 1.47. The third kappa shape index (κ3) is 2.32. The Kier molecular flexibility index (Phi) is 3.46. The molecule has 1 saturated heterocycles. The highest BCUT2D eigenvalue weighted by Crippen LogP contribution is 2.32. The van der Waals surface area contributed by atoms with E-state index in [-0.39, 0.29) is 5.56 Å². The maximum absolute atomic E-state index is 12.1. The minimum absolute atomic E-state index is 0.142. The number of aliphatic hydroxyl groups excluding tert-OH is 3. The Bertz CT molecular complexity index is 731. The topological polar surface area (TPSA) is 129 Å². The Balaban J connectivity index is 2.07. The molecule has 2 aromatic rings. The van der Waals surface area contributed by atoms with Crippen molar-refractivity contribution in [3.05, 3.63) is 33.9 Å². The quantitative estimate of drug-likeness (QED) is 0.546. The van der Waals surface area contributed by atoms with Gasteiger partial charge in [0.15, 0.2) is 5.65 Å². The summed E-state index contributed by atoms with van der Waals surface area (Å²) in [6.45, 7) is 1.31. The largest absolute Gasteiger partial charge is 0.394 e. The Morgan fingerprint density at radius 3 is 2.81 bits per heavy atom. The summed E-state index contributed by atoms with van der Waals surface area (Å²) in [6.07, 6.45) is -2.93.